The van der Waals surface area contributed by atoms with Crippen LogP contribution in [0.1, 0.15) is 37.6 Å². The third-order valence-corrected chi connectivity index (χ3v) is 4.91. The summed E-state index contributed by atoms with van der Waals surface area (Å²) >= 11 is 17.0. The van der Waals surface area contributed by atoms with Crippen LogP contribution in [0.4, 0.5) is 0 Å². The van der Waals surface area contributed by atoms with Gasteiger partial charge in [0.25, 0.3) is 11.8 Å². The molecule has 7 nitrogen and oxygen atoms in total. The zero-order chi connectivity index (χ0) is 23.7. The lowest BCUT2D eigenvalue weighted by molar-refractivity contribution is -0.127. The summed E-state index contributed by atoms with van der Waals surface area (Å²) in [5.74, 6) is 0.265. The van der Waals surface area contributed by atoms with E-state index in [1.54, 1.807) is 36.4 Å². The van der Waals surface area contributed by atoms with Crippen molar-refractivity contribution >= 4 is 52.3 Å². The van der Waals surface area contributed by atoms with Crippen molar-refractivity contribution in [1.29, 1.82) is 0 Å². The second kappa shape index (κ2) is 12.5. The number of halogens is 2. The molecule has 32 heavy (non-hydrogen) atoms. The van der Waals surface area contributed by atoms with Crippen LogP contribution in [0.15, 0.2) is 42.5 Å². The van der Waals surface area contributed by atoms with Crippen molar-refractivity contribution in [1.82, 2.24) is 16.2 Å². The van der Waals surface area contributed by atoms with Gasteiger partial charge in [-0.2, -0.15) is 0 Å². The summed E-state index contributed by atoms with van der Waals surface area (Å²) in [6.45, 7) is 6.22. The van der Waals surface area contributed by atoms with E-state index in [0.29, 0.717) is 34.6 Å². The summed E-state index contributed by atoms with van der Waals surface area (Å²) in [6, 6.07) is 11.5. The third kappa shape index (κ3) is 8.18. The Hall–Kier alpha value is -2.55. The first kappa shape index (κ1) is 25.7. The molecule has 0 saturated carbocycles. The number of carbonyl (C=O) groups is 2. The Balaban J connectivity index is 1.86. The molecular weight excluding hydrogens is 473 g/mol. The van der Waals surface area contributed by atoms with E-state index >= 15 is 0 Å². The third-order valence-electron chi connectivity index (χ3n) is 4.18. The van der Waals surface area contributed by atoms with Gasteiger partial charge >= 0.3 is 0 Å². The minimum absolute atomic E-state index is 0.0861. The molecule has 0 saturated heterocycles. The molecule has 172 valence electrons. The number of amides is 2. The Morgan fingerprint density at radius 1 is 1.03 bits per heavy atom. The first-order valence-electron chi connectivity index (χ1n) is 9.92. The highest BCUT2D eigenvalue weighted by Crippen LogP contribution is 2.28. The van der Waals surface area contributed by atoms with Crippen LogP contribution in [0.25, 0.3) is 0 Å². The zero-order valence-electron chi connectivity index (χ0n) is 17.9. The molecule has 1 unspecified atom stereocenters. The van der Waals surface area contributed by atoms with Crippen molar-refractivity contribution in [3.63, 3.8) is 0 Å². The Morgan fingerprint density at radius 2 is 1.75 bits per heavy atom. The smallest absolute Gasteiger partial charge is 0.279 e. The molecule has 0 aliphatic heterocycles. The fourth-order valence-electron chi connectivity index (χ4n) is 2.42. The second-order valence-corrected chi connectivity index (χ2v) is 8.51. The number of hydrogen-bond acceptors (Lipinski definition) is 5. The average Bonchev–Trinajstić information content (AvgIpc) is 2.74. The predicted octanol–water partition coefficient (Wildman–Crippen LogP) is 4.52. The van der Waals surface area contributed by atoms with Gasteiger partial charge in [0.1, 0.15) is 11.5 Å². The molecular formula is C22H25Cl2N3O4S. The van der Waals surface area contributed by atoms with Gasteiger partial charge in [0, 0.05) is 5.02 Å². The molecule has 10 heteroatoms. The molecule has 3 N–H and O–H groups in total. The molecule has 0 aliphatic carbocycles. The summed E-state index contributed by atoms with van der Waals surface area (Å²) in [5.41, 5.74) is 5.19. The SMILES string of the molecule is CC(C)CCOc1ccccc1C(=O)NC(=S)NNC(=O)C(C)Oc1ccc(Cl)cc1Cl. The van der Waals surface area contributed by atoms with E-state index in [1.165, 1.54) is 13.0 Å². The van der Waals surface area contributed by atoms with Crippen molar-refractivity contribution in [2.75, 3.05) is 6.61 Å². The van der Waals surface area contributed by atoms with E-state index in [-0.39, 0.29) is 10.1 Å². The van der Waals surface area contributed by atoms with E-state index in [9.17, 15) is 9.59 Å². The maximum Gasteiger partial charge on any atom is 0.279 e. The average molecular weight is 498 g/mol. The van der Waals surface area contributed by atoms with Crippen LogP contribution in [0.5, 0.6) is 11.5 Å². The van der Waals surface area contributed by atoms with Crippen molar-refractivity contribution in [2.45, 2.75) is 33.3 Å². The normalized spacial score (nSPS) is 11.4. The molecule has 0 spiro atoms. The molecule has 2 amide bonds. The van der Waals surface area contributed by atoms with Gasteiger partial charge in [-0.05, 0) is 61.8 Å². The molecule has 0 bridgehead atoms. The van der Waals surface area contributed by atoms with Crippen LogP contribution in [0.3, 0.4) is 0 Å². The first-order valence-corrected chi connectivity index (χ1v) is 11.1. The Kier molecular flexibility index (Phi) is 10.0. The molecule has 0 fully saturated rings. The minimum atomic E-state index is -0.894. The van der Waals surface area contributed by atoms with E-state index in [1.807, 2.05) is 0 Å². The Morgan fingerprint density at radius 3 is 2.44 bits per heavy atom. The monoisotopic (exact) mass is 497 g/mol. The zero-order valence-corrected chi connectivity index (χ0v) is 20.2. The quantitative estimate of drug-likeness (QED) is 0.367. The number of thiocarbonyl (C=S) groups is 1. The lowest BCUT2D eigenvalue weighted by atomic mass is 10.1. The second-order valence-electron chi connectivity index (χ2n) is 7.26. The fourth-order valence-corrected chi connectivity index (χ4v) is 3.02. The van der Waals surface area contributed by atoms with Crippen LogP contribution < -0.4 is 25.6 Å². The Labute approximate surface area is 202 Å². The summed E-state index contributed by atoms with van der Waals surface area (Å²) in [6.07, 6.45) is -0.0292. The van der Waals surface area contributed by atoms with Crippen molar-refractivity contribution in [3.05, 3.63) is 58.1 Å². The molecule has 0 radical (unpaired) electrons. The van der Waals surface area contributed by atoms with Gasteiger partial charge in [0.2, 0.25) is 0 Å². The largest absolute Gasteiger partial charge is 0.493 e. The van der Waals surface area contributed by atoms with Crippen LogP contribution >= 0.6 is 35.4 Å². The number of ether oxygens (including phenoxy) is 2. The highest BCUT2D eigenvalue weighted by Gasteiger charge is 2.18. The van der Waals surface area contributed by atoms with Crippen LogP contribution in [0.2, 0.25) is 10.0 Å². The fraction of sp³-hybridized carbons (Fsp3) is 0.318. The summed E-state index contributed by atoms with van der Waals surface area (Å²) in [7, 11) is 0. The Bertz CT molecular complexity index is 972. The number of hydrogen-bond donors (Lipinski definition) is 3. The van der Waals surface area contributed by atoms with Gasteiger partial charge in [0.15, 0.2) is 11.2 Å². The lowest BCUT2D eigenvalue weighted by Gasteiger charge is -2.17. The maximum atomic E-state index is 12.6. The van der Waals surface area contributed by atoms with Crippen LogP contribution in [-0.4, -0.2) is 29.6 Å². The van der Waals surface area contributed by atoms with Gasteiger partial charge in [-0.1, -0.05) is 49.2 Å². The van der Waals surface area contributed by atoms with Crippen LogP contribution in [0, 0.1) is 5.92 Å². The predicted molar refractivity (Wildman–Crippen MR) is 129 cm³/mol. The standard InChI is InChI=1S/C22H25Cl2N3O4S/c1-13(2)10-11-30-18-7-5-4-6-16(18)21(29)25-22(32)27-26-20(28)14(3)31-19-9-8-15(23)12-17(19)24/h4-9,12-14H,10-11H2,1-3H3,(H,26,28)(H2,25,27,29,32). The van der Waals surface area contributed by atoms with Crippen molar-refractivity contribution in [2.24, 2.45) is 5.92 Å². The number of rotatable bonds is 8. The van der Waals surface area contributed by atoms with Gasteiger partial charge in [-0.3, -0.25) is 25.8 Å². The van der Waals surface area contributed by atoms with Gasteiger partial charge in [0.05, 0.1) is 17.2 Å². The van der Waals surface area contributed by atoms with Crippen molar-refractivity contribution < 1.29 is 19.1 Å². The highest BCUT2D eigenvalue weighted by atomic mass is 35.5. The van der Waals surface area contributed by atoms with E-state index < -0.39 is 17.9 Å². The number of benzene rings is 2. The molecule has 1 atom stereocenters. The lowest BCUT2D eigenvalue weighted by Crippen LogP contribution is -2.51. The van der Waals surface area contributed by atoms with E-state index in [4.69, 9.17) is 44.9 Å². The number of hydrazine groups is 1. The number of nitrogens with one attached hydrogen (secondary N) is 3. The minimum Gasteiger partial charge on any atom is -0.493 e. The summed E-state index contributed by atoms with van der Waals surface area (Å²) in [5, 5.41) is 3.15. The first-order chi connectivity index (χ1) is 15.2. The molecule has 2 aromatic carbocycles. The van der Waals surface area contributed by atoms with Crippen molar-refractivity contribution in [3.8, 4) is 11.5 Å². The molecule has 2 rings (SSSR count). The topological polar surface area (TPSA) is 88.7 Å². The summed E-state index contributed by atoms with van der Waals surface area (Å²) in [4.78, 5) is 24.8. The highest BCUT2D eigenvalue weighted by molar-refractivity contribution is 7.80. The van der Waals surface area contributed by atoms with Gasteiger partial charge < -0.3 is 9.47 Å². The number of para-hydroxylation sites is 1. The molecule has 0 heterocycles. The van der Waals surface area contributed by atoms with Gasteiger partial charge in [-0.25, -0.2) is 0 Å². The maximum absolute atomic E-state index is 12.6. The van der Waals surface area contributed by atoms with Gasteiger partial charge in [-0.15, -0.1) is 0 Å². The molecule has 0 aliphatic rings. The van der Waals surface area contributed by atoms with E-state index in [2.05, 4.69) is 30.0 Å². The van der Waals surface area contributed by atoms with Crippen LogP contribution in [-0.2, 0) is 4.79 Å². The summed E-state index contributed by atoms with van der Waals surface area (Å²) < 4.78 is 11.2. The number of carbonyl (C=O) groups excluding carboxylic acids is 2. The molecule has 2 aromatic rings. The van der Waals surface area contributed by atoms with E-state index in [0.717, 1.165) is 6.42 Å². The molecule has 0 aromatic heterocycles.